The second kappa shape index (κ2) is 5.08. The molecule has 0 spiro atoms. The molecule has 0 fully saturated rings. The first-order valence-corrected chi connectivity index (χ1v) is 7.31. The maximum absolute atomic E-state index is 11.3. The van der Waals surface area contributed by atoms with Crippen LogP contribution >= 0.6 is 0 Å². The first kappa shape index (κ1) is 13.1. The highest BCUT2D eigenvalue weighted by molar-refractivity contribution is 7.90. The van der Waals surface area contributed by atoms with Gasteiger partial charge in [-0.2, -0.15) is 5.26 Å². The summed E-state index contributed by atoms with van der Waals surface area (Å²) in [5.74, 6) is 0. The molecule has 0 aliphatic carbocycles. The van der Waals surface area contributed by atoms with Crippen molar-refractivity contribution in [2.75, 3.05) is 11.6 Å². The van der Waals surface area contributed by atoms with Crippen LogP contribution in [0.25, 0.3) is 0 Å². The van der Waals surface area contributed by atoms with Crippen molar-refractivity contribution in [1.82, 2.24) is 4.98 Å². The van der Waals surface area contributed by atoms with Gasteiger partial charge in [0.15, 0.2) is 9.84 Å². The van der Waals surface area contributed by atoms with Crippen molar-refractivity contribution in [2.45, 2.75) is 4.90 Å². The minimum Gasteiger partial charge on any atom is -0.354 e. The molecule has 96 valence electrons. The molecule has 0 saturated carbocycles. The van der Waals surface area contributed by atoms with E-state index in [1.807, 2.05) is 6.07 Å². The van der Waals surface area contributed by atoms with Gasteiger partial charge in [-0.25, -0.2) is 13.4 Å². The molecule has 0 saturated heterocycles. The van der Waals surface area contributed by atoms with E-state index in [1.165, 1.54) is 18.4 Å². The normalized spacial score (nSPS) is 10.7. The van der Waals surface area contributed by atoms with Crippen molar-refractivity contribution >= 4 is 21.2 Å². The molecule has 0 aliphatic rings. The SMILES string of the molecule is CS(=O)(=O)c1ccc(Nc2ccc(C#N)nc2)cc1. The lowest BCUT2D eigenvalue weighted by Crippen LogP contribution is -1.97. The smallest absolute Gasteiger partial charge is 0.175 e. The van der Waals surface area contributed by atoms with Crippen molar-refractivity contribution in [2.24, 2.45) is 0 Å². The van der Waals surface area contributed by atoms with Gasteiger partial charge >= 0.3 is 0 Å². The average Bonchev–Trinajstić information content (AvgIpc) is 2.39. The molecule has 0 aliphatic heterocycles. The summed E-state index contributed by atoms with van der Waals surface area (Å²) in [5, 5.41) is 11.7. The molecule has 1 N–H and O–H groups in total. The second-order valence-electron chi connectivity index (χ2n) is 3.97. The number of aromatic nitrogens is 1. The minimum absolute atomic E-state index is 0.274. The molecule has 1 aromatic heterocycles. The predicted octanol–water partition coefficient (Wildman–Crippen LogP) is 2.10. The van der Waals surface area contributed by atoms with Gasteiger partial charge in [0.05, 0.1) is 16.8 Å². The summed E-state index contributed by atoms with van der Waals surface area (Å²) in [5.41, 5.74) is 1.82. The Morgan fingerprint density at radius 2 is 1.74 bits per heavy atom. The van der Waals surface area contributed by atoms with E-state index < -0.39 is 9.84 Å². The number of benzene rings is 1. The van der Waals surface area contributed by atoms with Crippen molar-refractivity contribution in [3.8, 4) is 6.07 Å². The molecule has 2 aromatic rings. The van der Waals surface area contributed by atoms with Gasteiger partial charge in [0.1, 0.15) is 11.8 Å². The Hall–Kier alpha value is -2.39. The van der Waals surface area contributed by atoms with E-state index >= 15 is 0 Å². The van der Waals surface area contributed by atoms with Crippen LogP contribution in [0.2, 0.25) is 0 Å². The van der Waals surface area contributed by atoms with Gasteiger partial charge in [-0.1, -0.05) is 0 Å². The van der Waals surface area contributed by atoms with Crippen molar-refractivity contribution in [1.29, 1.82) is 5.26 Å². The Kier molecular flexibility index (Phi) is 3.49. The van der Waals surface area contributed by atoms with Crippen LogP contribution in [0.3, 0.4) is 0 Å². The molecule has 1 aromatic carbocycles. The van der Waals surface area contributed by atoms with Crippen LogP contribution in [0.4, 0.5) is 11.4 Å². The Balaban J connectivity index is 2.17. The molecule has 0 unspecified atom stereocenters. The fourth-order valence-electron chi connectivity index (χ4n) is 1.49. The first-order chi connectivity index (χ1) is 8.99. The number of hydrogen-bond acceptors (Lipinski definition) is 5. The highest BCUT2D eigenvalue weighted by atomic mass is 32.2. The lowest BCUT2D eigenvalue weighted by Gasteiger charge is -2.06. The topological polar surface area (TPSA) is 82.9 Å². The monoisotopic (exact) mass is 273 g/mol. The van der Waals surface area contributed by atoms with Crippen LogP contribution in [0.1, 0.15) is 5.69 Å². The van der Waals surface area contributed by atoms with Gasteiger partial charge in [-0.15, -0.1) is 0 Å². The lowest BCUT2D eigenvalue weighted by molar-refractivity contribution is 0.602. The lowest BCUT2D eigenvalue weighted by atomic mass is 10.3. The second-order valence-corrected chi connectivity index (χ2v) is 5.98. The van der Waals surface area contributed by atoms with E-state index in [0.717, 1.165) is 11.4 Å². The van der Waals surface area contributed by atoms with Crippen LogP contribution in [-0.2, 0) is 9.84 Å². The molecule has 0 bridgehead atoms. The fourth-order valence-corrected chi connectivity index (χ4v) is 2.12. The molecule has 0 atom stereocenters. The molecule has 5 nitrogen and oxygen atoms in total. The quantitative estimate of drug-likeness (QED) is 0.926. The Bertz CT molecular complexity index is 714. The van der Waals surface area contributed by atoms with E-state index in [1.54, 1.807) is 30.5 Å². The summed E-state index contributed by atoms with van der Waals surface area (Å²) < 4.78 is 22.6. The number of rotatable bonds is 3. The van der Waals surface area contributed by atoms with E-state index in [-0.39, 0.29) is 4.90 Å². The van der Waals surface area contributed by atoms with Gasteiger partial charge in [-0.3, -0.25) is 0 Å². The fraction of sp³-hybridized carbons (Fsp3) is 0.0769. The summed E-state index contributed by atoms with van der Waals surface area (Å²) in [4.78, 5) is 4.20. The maximum Gasteiger partial charge on any atom is 0.175 e. The van der Waals surface area contributed by atoms with Crippen LogP contribution in [0.15, 0.2) is 47.5 Å². The number of sulfone groups is 1. The number of nitriles is 1. The zero-order chi connectivity index (χ0) is 13.9. The zero-order valence-corrected chi connectivity index (χ0v) is 11.0. The Morgan fingerprint density at radius 1 is 1.11 bits per heavy atom. The molecule has 0 amide bonds. The Morgan fingerprint density at radius 3 is 2.21 bits per heavy atom. The number of hydrogen-bond donors (Lipinski definition) is 1. The molecule has 0 radical (unpaired) electrons. The van der Waals surface area contributed by atoms with Crippen LogP contribution in [0.5, 0.6) is 0 Å². The third kappa shape index (κ3) is 3.30. The van der Waals surface area contributed by atoms with E-state index in [2.05, 4.69) is 10.3 Å². The minimum atomic E-state index is -3.18. The summed E-state index contributed by atoms with van der Waals surface area (Å²) in [6.07, 6.45) is 2.71. The zero-order valence-electron chi connectivity index (χ0n) is 10.2. The summed E-state index contributed by atoms with van der Waals surface area (Å²) in [7, 11) is -3.18. The largest absolute Gasteiger partial charge is 0.354 e. The van der Waals surface area contributed by atoms with Crippen LogP contribution in [-0.4, -0.2) is 19.7 Å². The van der Waals surface area contributed by atoms with Crippen LogP contribution < -0.4 is 5.32 Å². The third-order valence-electron chi connectivity index (χ3n) is 2.45. The summed E-state index contributed by atoms with van der Waals surface area (Å²) in [6, 6.07) is 11.7. The maximum atomic E-state index is 11.3. The third-order valence-corrected chi connectivity index (χ3v) is 3.58. The van der Waals surface area contributed by atoms with Crippen molar-refractivity contribution in [3.05, 3.63) is 48.3 Å². The molecule has 6 heteroatoms. The standard InChI is InChI=1S/C13H11N3O2S/c1-19(17,18)13-6-4-10(5-7-13)16-12-3-2-11(8-14)15-9-12/h2-7,9,16H,1H3. The molecule has 19 heavy (non-hydrogen) atoms. The van der Waals surface area contributed by atoms with Crippen molar-refractivity contribution < 1.29 is 8.42 Å². The number of anilines is 2. The van der Waals surface area contributed by atoms with Gasteiger partial charge in [0.25, 0.3) is 0 Å². The summed E-state index contributed by atoms with van der Waals surface area (Å²) in [6.45, 7) is 0. The van der Waals surface area contributed by atoms with Gasteiger partial charge < -0.3 is 5.32 Å². The highest BCUT2D eigenvalue weighted by Gasteiger charge is 2.06. The number of nitrogens with zero attached hydrogens (tertiary/aromatic N) is 2. The number of nitrogens with one attached hydrogen (secondary N) is 1. The highest BCUT2D eigenvalue weighted by Crippen LogP contribution is 2.18. The molecular weight excluding hydrogens is 262 g/mol. The van der Waals surface area contributed by atoms with Gasteiger partial charge in [0.2, 0.25) is 0 Å². The molecule has 1 heterocycles. The van der Waals surface area contributed by atoms with Gasteiger partial charge in [-0.05, 0) is 36.4 Å². The van der Waals surface area contributed by atoms with Crippen LogP contribution in [0, 0.1) is 11.3 Å². The summed E-state index contributed by atoms with van der Waals surface area (Å²) >= 11 is 0. The van der Waals surface area contributed by atoms with Gasteiger partial charge in [0, 0.05) is 11.9 Å². The van der Waals surface area contributed by atoms with E-state index in [0.29, 0.717) is 5.69 Å². The van der Waals surface area contributed by atoms with E-state index in [9.17, 15) is 8.42 Å². The Labute approximate surface area is 111 Å². The average molecular weight is 273 g/mol. The molecule has 2 rings (SSSR count). The van der Waals surface area contributed by atoms with E-state index in [4.69, 9.17) is 5.26 Å². The predicted molar refractivity (Wildman–Crippen MR) is 71.8 cm³/mol. The first-order valence-electron chi connectivity index (χ1n) is 5.42. The van der Waals surface area contributed by atoms with Crippen molar-refractivity contribution in [3.63, 3.8) is 0 Å². The number of pyridine rings is 1. The molecular formula is C13H11N3O2S.